The van der Waals surface area contributed by atoms with E-state index in [9.17, 15) is 4.79 Å². The predicted octanol–water partition coefficient (Wildman–Crippen LogP) is 2.92. The van der Waals surface area contributed by atoms with Crippen LogP contribution in [0, 0.1) is 0 Å². The van der Waals surface area contributed by atoms with Crippen molar-refractivity contribution in [1.29, 1.82) is 0 Å². The Morgan fingerprint density at radius 3 is 2.55 bits per heavy atom. The Labute approximate surface area is 131 Å². The van der Waals surface area contributed by atoms with Crippen LogP contribution in [0.4, 0.5) is 5.13 Å². The second kappa shape index (κ2) is 6.46. The zero-order valence-electron chi connectivity index (χ0n) is 11.7. The van der Waals surface area contributed by atoms with Gasteiger partial charge in [-0.1, -0.05) is 12.1 Å². The average Bonchev–Trinajstić information content (AvgIpc) is 3.04. The number of hydrogen-bond acceptors (Lipinski definition) is 5. The summed E-state index contributed by atoms with van der Waals surface area (Å²) in [6.07, 6.45) is 3.43. The lowest BCUT2D eigenvalue weighted by atomic mass is 10.1. The quantitative estimate of drug-likeness (QED) is 0.776. The minimum Gasteiger partial charge on any atom is -0.326 e. The van der Waals surface area contributed by atoms with Gasteiger partial charge in [-0.2, -0.15) is 0 Å². The van der Waals surface area contributed by atoms with Gasteiger partial charge >= 0.3 is 0 Å². The molecule has 0 aliphatic carbocycles. The molecule has 3 aromatic rings. The zero-order chi connectivity index (χ0) is 15.4. The van der Waals surface area contributed by atoms with Crippen LogP contribution in [-0.4, -0.2) is 15.9 Å². The van der Waals surface area contributed by atoms with Crippen molar-refractivity contribution in [1.82, 2.24) is 9.97 Å². The van der Waals surface area contributed by atoms with E-state index in [4.69, 9.17) is 5.73 Å². The van der Waals surface area contributed by atoms with Crippen molar-refractivity contribution in [2.75, 3.05) is 5.32 Å². The zero-order valence-corrected chi connectivity index (χ0v) is 12.5. The van der Waals surface area contributed by atoms with E-state index >= 15 is 0 Å². The highest BCUT2D eigenvalue weighted by Gasteiger charge is 2.09. The molecule has 3 N–H and O–H groups in total. The number of hydrogen-bond donors (Lipinski definition) is 2. The molecule has 3 rings (SSSR count). The highest BCUT2D eigenvalue weighted by Crippen LogP contribution is 2.24. The van der Waals surface area contributed by atoms with Crippen LogP contribution in [0.1, 0.15) is 15.9 Å². The molecule has 0 spiro atoms. The third-order valence-corrected chi connectivity index (χ3v) is 3.91. The van der Waals surface area contributed by atoms with E-state index < -0.39 is 0 Å². The minimum absolute atomic E-state index is 0.181. The maximum Gasteiger partial charge on any atom is 0.257 e. The number of rotatable bonds is 4. The molecule has 0 fully saturated rings. The summed E-state index contributed by atoms with van der Waals surface area (Å²) < 4.78 is 0. The molecule has 5 nitrogen and oxygen atoms in total. The standard InChI is InChI=1S/C16H14N4OS/c17-9-11-1-3-13(4-2-11)15(21)20-16-19-14(10-22-16)12-5-7-18-8-6-12/h1-8,10H,9,17H2,(H,19,20,21). The highest BCUT2D eigenvalue weighted by molar-refractivity contribution is 7.14. The molecule has 0 bridgehead atoms. The lowest BCUT2D eigenvalue weighted by Crippen LogP contribution is -2.11. The van der Waals surface area contributed by atoms with E-state index in [1.54, 1.807) is 24.5 Å². The highest BCUT2D eigenvalue weighted by atomic mass is 32.1. The Balaban J connectivity index is 1.73. The van der Waals surface area contributed by atoms with E-state index in [0.717, 1.165) is 16.8 Å². The summed E-state index contributed by atoms with van der Waals surface area (Å²) in [5.41, 5.74) is 8.91. The van der Waals surface area contributed by atoms with Crippen LogP contribution in [0.15, 0.2) is 54.2 Å². The Morgan fingerprint density at radius 1 is 1.14 bits per heavy atom. The smallest absolute Gasteiger partial charge is 0.257 e. The number of aromatic nitrogens is 2. The van der Waals surface area contributed by atoms with Crippen LogP contribution in [0.25, 0.3) is 11.3 Å². The van der Waals surface area contributed by atoms with E-state index in [2.05, 4.69) is 15.3 Å². The molecule has 110 valence electrons. The first-order valence-corrected chi connectivity index (χ1v) is 7.60. The van der Waals surface area contributed by atoms with Gasteiger partial charge in [-0.25, -0.2) is 4.98 Å². The molecule has 0 aliphatic rings. The van der Waals surface area contributed by atoms with Gasteiger partial charge in [0.15, 0.2) is 5.13 Å². The summed E-state index contributed by atoms with van der Waals surface area (Å²) in [7, 11) is 0. The van der Waals surface area contributed by atoms with Crippen molar-refractivity contribution in [3.8, 4) is 11.3 Å². The third-order valence-electron chi connectivity index (χ3n) is 3.15. The second-order valence-corrected chi connectivity index (χ2v) is 5.49. The predicted molar refractivity (Wildman–Crippen MR) is 87.6 cm³/mol. The summed E-state index contributed by atoms with van der Waals surface area (Å²) >= 11 is 1.39. The van der Waals surface area contributed by atoms with Gasteiger partial charge in [-0.3, -0.25) is 15.1 Å². The summed E-state index contributed by atoms with van der Waals surface area (Å²) in [5.74, 6) is -0.181. The van der Waals surface area contributed by atoms with Crippen molar-refractivity contribution >= 4 is 22.4 Å². The molecule has 0 saturated carbocycles. The van der Waals surface area contributed by atoms with Crippen molar-refractivity contribution in [3.05, 3.63) is 65.3 Å². The van der Waals surface area contributed by atoms with E-state index in [1.807, 2.05) is 29.6 Å². The largest absolute Gasteiger partial charge is 0.326 e. The Morgan fingerprint density at radius 2 is 1.86 bits per heavy atom. The molecule has 0 radical (unpaired) electrons. The van der Waals surface area contributed by atoms with Crippen LogP contribution >= 0.6 is 11.3 Å². The molecule has 0 unspecified atom stereocenters. The number of carbonyl (C=O) groups excluding carboxylic acids is 1. The fourth-order valence-corrected chi connectivity index (χ4v) is 2.66. The lowest BCUT2D eigenvalue weighted by Gasteiger charge is -2.03. The van der Waals surface area contributed by atoms with Gasteiger partial charge in [-0.05, 0) is 29.8 Å². The Hall–Kier alpha value is -2.57. The van der Waals surface area contributed by atoms with Gasteiger partial charge in [-0.15, -0.1) is 11.3 Å². The molecule has 22 heavy (non-hydrogen) atoms. The van der Waals surface area contributed by atoms with Crippen molar-refractivity contribution in [3.63, 3.8) is 0 Å². The maximum atomic E-state index is 12.2. The van der Waals surface area contributed by atoms with Crippen LogP contribution in [-0.2, 0) is 6.54 Å². The van der Waals surface area contributed by atoms with Gasteiger partial charge in [0, 0.05) is 35.4 Å². The number of nitrogens with one attached hydrogen (secondary N) is 1. The molecule has 0 aliphatic heterocycles. The average molecular weight is 310 g/mol. The van der Waals surface area contributed by atoms with Gasteiger partial charge < -0.3 is 5.73 Å². The summed E-state index contributed by atoms with van der Waals surface area (Å²) in [4.78, 5) is 20.6. The fraction of sp³-hybridized carbons (Fsp3) is 0.0625. The molecule has 1 aromatic carbocycles. The van der Waals surface area contributed by atoms with Crippen LogP contribution in [0.3, 0.4) is 0 Å². The molecular formula is C16H14N4OS. The molecule has 1 amide bonds. The first-order valence-electron chi connectivity index (χ1n) is 6.72. The monoisotopic (exact) mass is 310 g/mol. The summed E-state index contributed by atoms with van der Waals surface area (Å²) in [6.45, 7) is 0.462. The number of anilines is 1. The number of carbonyl (C=O) groups is 1. The topological polar surface area (TPSA) is 80.9 Å². The maximum absolute atomic E-state index is 12.2. The minimum atomic E-state index is -0.181. The van der Waals surface area contributed by atoms with Crippen molar-refractivity contribution in [2.24, 2.45) is 5.73 Å². The van der Waals surface area contributed by atoms with Gasteiger partial charge in [0.25, 0.3) is 5.91 Å². The number of amides is 1. The van der Waals surface area contributed by atoms with Crippen LogP contribution in [0.5, 0.6) is 0 Å². The number of benzene rings is 1. The molecular weight excluding hydrogens is 296 g/mol. The fourth-order valence-electron chi connectivity index (χ4n) is 1.95. The van der Waals surface area contributed by atoms with Gasteiger partial charge in [0.1, 0.15) is 0 Å². The number of nitrogens with two attached hydrogens (primary N) is 1. The lowest BCUT2D eigenvalue weighted by molar-refractivity contribution is 0.102. The number of thiazole rings is 1. The second-order valence-electron chi connectivity index (χ2n) is 4.63. The Kier molecular flexibility index (Phi) is 4.22. The van der Waals surface area contributed by atoms with Gasteiger partial charge in [0.05, 0.1) is 5.69 Å². The van der Waals surface area contributed by atoms with Crippen LogP contribution < -0.4 is 11.1 Å². The third kappa shape index (κ3) is 3.19. The first-order chi connectivity index (χ1) is 10.8. The van der Waals surface area contributed by atoms with E-state index in [-0.39, 0.29) is 5.91 Å². The summed E-state index contributed by atoms with van der Waals surface area (Å²) in [5, 5.41) is 5.28. The van der Waals surface area contributed by atoms with Crippen molar-refractivity contribution in [2.45, 2.75) is 6.54 Å². The van der Waals surface area contributed by atoms with Crippen molar-refractivity contribution < 1.29 is 4.79 Å². The normalized spacial score (nSPS) is 10.4. The SMILES string of the molecule is NCc1ccc(C(=O)Nc2nc(-c3ccncc3)cs2)cc1. The number of pyridine rings is 1. The summed E-state index contributed by atoms with van der Waals surface area (Å²) in [6, 6.07) is 11.0. The molecule has 0 atom stereocenters. The molecule has 6 heteroatoms. The van der Waals surface area contributed by atoms with Crippen LogP contribution in [0.2, 0.25) is 0 Å². The van der Waals surface area contributed by atoms with E-state index in [0.29, 0.717) is 17.2 Å². The number of nitrogens with zero attached hydrogens (tertiary/aromatic N) is 2. The Bertz CT molecular complexity index is 768. The molecule has 2 heterocycles. The molecule has 0 saturated heterocycles. The van der Waals surface area contributed by atoms with E-state index in [1.165, 1.54) is 11.3 Å². The van der Waals surface area contributed by atoms with Gasteiger partial charge in [0.2, 0.25) is 0 Å². The first kappa shape index (κ1) is 14.4. The molecule has 2 aromatic heterocycles.